The molecule has 1 aromatic heterocycles. The number of rotatable bonds is 8. The van der Waals surface area contributed by atoms with E-state index in [2.05, 4.69) is 55.9 Å². The summed E-state index contributed by atoms with van der Waals surface area (Å²) in [5.41, 5.74) is 3.74. The van der Waals surface area contributed by atoms with Crippen LogP contribution in [0, 0.1) is 12.8 Å². The number of nitrogens with one attached hydrogen (secondary N) is 1. The Bertz CT molecular complexity index is 374. The predicted octanol–water partition coefficient (Wildman–Crippen LogP) is 3.37. The van der Waals surface area contributed by atoms with Gasteiger partial charge >= 0.3 is 0 Å². The normalized spacial score (nSPS) is 11.1. The van der Waals surface area contributed by atoms with Gasteiger partial charge in [-0.2, -0.15) is 0 Å². The Morgan fingerprint density at radius 1 is 1.32 bits per heavy atom. The maximum absolute atomic E-state index is 4.45. The molecule has 0 aliphatic carbocycles. The molecule has 0 bridgehead atoms. The minimum atomic E-state index is 0.671. The fraction of sp³-hybridized carbons (Fsp3) is 0.688. The van der Waals surface area contributed by atoms with Gasteiger partial charge in [-0.15, -0.1) is 0 Å². The molecule has 108 valence electrons. The number of hydrogen-bond acceptors (Lipinski definition) is 3. The average Bonchev–Trinajstić information content (AvgIpc) is 2.37. The lowest BCUT2D eigenvalue weighted by Crippen LogP contribution is -2.29. The first-order chi connectivity index (χ1) is 9.08. The molecule has 3 heteroatoms. The van der Waals surface area contributed by atoms with E-state index in [1.807, 2.05) is 6.20 Å². The Labute approximate surface area is 118 Å². The molecule has 1 N–H and O–H groups in total. The number of nitrogens with zero attached hydrogens (tertiary/aromatic N) is 2. The molecule has 1 aromatic rings. The molecule has 1 heterocycles. The number of anilines is 1. The van der Waals surface area contributed by atoms with Crippen molar-refractivity contribution in [2.24, 2.45) is 5.92 Å². The van der Waals surface area contributed by atoms with Crippen molar-refractivity contribution in [2.45, 2.75) is 47.6 Å². The molecule has 0 saturated carbocycles. The van der Waals surface area contributed by atoms with Gasteiger partial charge in [0, 0.05) is 42.8 Å². The summed E-state index contributed by atoms with van der Waals surface area (Å²) < 4.78 is 0. The van der Waals surface area contributed by atoms with E-state index in [4.69, 9.17) is 0 Å². The monoisotopic (exact) mass is 263 g/mol. The van der Waals surface area contributed by atoms with Gasteiger partial charge < -0.3 is 10.2 Å². The van der Waals surface area contributed by atoms with E-state index >= 15 is 0 Å². The molecular weight excluding hydrogens is 234 g/mol. The van der Waals surface area contributed by atoms with Gasteiger partial charge in [-0.05, 0) is 38.8 Å². The highest BCUT2D eigenvalue weighted by molar-refractivity contribution is 5.53. The first-order valence-corrected chi connectivity index (χ1v) is 7.49. The van der Waals surface area contributed by atoms with Crippen LogP contribution in [-0.4, -0.2) is 24.6 Å². The maximum Gasteiger partial charge on any atom is 0.0445 e. The molecule has 0 fully saturated rings. The highest BCUT2D eigenvalue weighted by Gasteiger charge is 2.12. The zero-order valence-corrected chi connectivity index (χ0v) is 13.2. The van der Waals surface area contributed by atoms with Crippen LogP contribution in [0.15, 0.2) is 12.3 Å². The summed E-state index contributed by atoms with van der Waals surface area (Å²) in [7, 11) is 0. The van der Waals surface area contributed by atoms with Gasteiger partial charge in [0.05, 0.1) is 0 Å². The van der Waals surface area contributed by atoms with Crippen molar-refractivity contribution >= 4 is 5.69 Å². The van der Waals surface area contributed by atoms with E-state index in [1.54, 1.807) is 0 Å². The van der Waals surface area contributed by atoms with Crippen LogP contribution >= 0.6 is 0 Å². The number of aromatic nitrogens is 1. The number of pyridine rings is 1. The molecule has 0 aliphatic heterocycles. The summed E-state index contributed by atoms with van der Waals surface area (Å²) in [5.74, 6) is 0.671. The predicted molar refractivity (Wildman–Crippen MR) is 83.7 cm³/mol. The van der Waals surface area contributed by atoms with Crippen LogP contribution in [0.1, 0.15) is 45.4 Å². The molecule has 19 heavy (non-hydrogen) atoms. The lowest BCUT2D eigenvalue weighted by atomic mass is 10.1. The lowest BCUT2D eigenvalue weighted by Gasteiger charge is -2.27. The van der Waals surface area contributed by atoms with Crippen molar-refractivity contribution in [1.82, 2.24) is 10.3 Å². The lowest BCUT2D eigenvalue weighted by molar-refractivity contribution is 0.612. The van der Waals surface area contributed by atoms with Gasteiger partial charge in [-0.25, -0.2) is 0 Å². The van der Waals surface area contributed by atoms with Gasteiger partial charge in [-0.3, -0.25) is 4.98 Å². The smallest absolute Gasteiger partial charge is 0.0445 e. The first kappa shape index (κ1) is 16.0. The first-order valence-electron chi connectivity index (χ1n) is 7.49. The summed E-state index contributed by atoms with van der Waals surface area (Å²) >= 11 is 0. The molecule has 0 radical (unpaired) electrons. The highest BCUT2D eigenvalue weighted by atomic mass is 15.1. The molecule has 0 aromatic carbocycles. The van der Waals surface area contributed by atoms with E-state index < -0.39 is 0 Å². The van der Waals surface area contributed by atoms with E-state index in [1.165, 1.54) is 11.3 Å². The summed E-state index contributed by atoms with van der Waals surface area (Å²) in [6, 6.07) is 2.22. The second-order valence-electron chi connectivity index (χ2n) is 5.56. The summed E-state index contributed by atoms with van der Waals surface area (Å²) in [6.45, 7) is 15.1. The maximum atomic E-state index is 4.45. The quantitative estimate of drug-likeness (QED) is 0.729. The second-order valence-corrected chi connectivity index (χ2v) is 5.56. The third-order valence-electron chi connectivity index (χ3n) is 3.15. The van der Waals surface area contributed by atoms with Crippen LogP contribution in [-0.2, 0) is 6.54 Å². The highest BCUT2D eigenvalue weighted by Crippen LogP contribution is 2.22. The molecule has 3 nitrogen and oxygen atoms in total. The third kappa shape index (κ3) is 5.19. The van der Waals surface area contributed by atoms with Crippen molar-refractivity contribution < 1.29 is 0 Å². The topological polar surface area (TPSA) is 28.2 Å². The Kier molecular flexibility index (Phi) is 6.85. The number of aryl methyl sites for hydroxylation is 1. The van der Waals surface area contributed by atoms with E-state index in [-0.39, 0.29) is 0 Å². The minimum Gasteiger partial charge on any atom is -0.371 e. The van der Waals surface area contributed by atoms with Crippen LogP contribution in [0.2, 0.25) is 0 Å². The fourth-order valence-electron chi connectivity index (χ4n) is 2.24. The van der Waals surface area contributed by atoms with E-state index in [0.29, 0.717) is 5.92 Å². The third-order valence-corrected chi connectivity index (χ3v) is 3.15. The van der Waals surface area contributed by atoms with Gasteiger partial charge in [0.2, 0.25) is 0 Å². The Balaban J connectivity index is 2.90. The number of hydrogen-bond donors (Lipinski definition) is 1. The van der Waals surface area contributed by atoms with Gasteiger partial charge in [0.15, 0.2) is 0 Å². The Morgan fingerprint density at radius 2 is 2.05 bits per heavy atom. The van der Waals surface area contributed by atoms with Crippen molar-refractivity contribution in [2.75, 3.05) is 24.5 Å². The Morgan fingerprint density at radius 3 is 2.63 bits per heavy atom. The second kappa shape index (κ2) is 8.16. The van der Waals surface area contributed by atoms with Crippen molar-refractivity contribution in [1.29, 1.82) is 0 Å². The summed E-state index contributed by atoms with van der Waals surface area (Å²) in [4.78, 5) is 6.91. The molecule has 0 atom stereocenters. The average molecular weight is 263 g/mol. The van der Waals surface area contributed by atoms with Crippen molar-refractivity contribution in [3.63, 3.8) is 0 Å². The fourth-order valence-corrected chi connectivity index (χ4v) is 2.24. The van der Waals surface area contributed by atoms with Crippen LogP contribution in [0.25, 0.3) is 0 Å². The SMILES string of the molecule is CCCNCc1cnc(C)cc1N(CC)CC(C)C. The standard InChI is InChI=1S/C16H29N3/c1-6-8-17-10-15-11-18-14(5)9-16(15)19(7-2)12-13(3)4/h9,11,13,17H,6-8,10,12H2,1-5H3. The zero-order chi connectivity index (χ0) is 14.3. The Hall–Kier alpha value is -1.09. The van der Waals surface area contributed by atoms with Crippen LogP contribution < -0.4 is 10.2 Å². The van der Waals surface area contributed by atoms with Gasteiger partial charge in [-0.1, -0.05) is 20.8 Å². The zero-order valence-electron chi connectivity index (χ0n) is 13.2. The molecular formula is C16H29N3. The van der Waals surface area contributed by atoms with Crippen LogP contribution in [0.3, 0.4) is 0 Å². The molecule has 0 spiro atoms. The molecule has 1 rings (SSSR count). The van der Waals surface area contributed by atoms with Crippen molar-refractivity contribution in [3.05, 3.63) is 23.5 Å². The molecule has 0 unspecified atom stereocenters. The minimum absolute atomic E-state index is 0.671. The summed E-state index contributed by atoms with van der Waals surface area (Å²) in [5, 5.41) is 3.48. The molecule has 0 amide bonds. The largest absolute Gasteiger partial charge is 0.371 e. The van der Waals surface area contributed by atoms with E-state index in [0.717, 1.165) is 38.3 Å². The van der Waals surface area contributed by atoms with Gasteiger partial charge in [0.25, 0.3) is 0 Å². The van der Waals surface area contributed by atoms with E-state index in [9.17, 15) is 0 Å². The molecule has 0 aliphatic rings. The van der Waals surface area contributed by atoms with Gasteiger partial charge in [0.1, 0.15) is 0 Å². The van der Waals surface area contributed by atoms with Crippen LogP contribution in [0.5, 0.6) is 0 Å². The van der Waals surface area contributed by atoms with Crippen molar-refractivity contribution in [3.8, 4) is 0 Å². The molecule has 0 saturated heterocycles. The summed E-state index contributed by atoms with van der Waals surface area (Å²) in [6.07, 6.45) is 3.19. The van der Waals surface area contributed by atoms with Crippen LogP contribution in [0.4, 0.5) is 5.69 Å².